The Hall–Kier alpha value is -3.61. The van der Waals surface area contributed by atoms with Gasteiger partial charge in [-0.2, -0.15) is 0 Å². The van der Waals surface area contributed by atoms with E-state index in [1.165, 1.54) is 6.08 Å². The molecule has 27 heavy (non-hydrogen) atoms. The second kappa shape index (κ2) is 8.18. The number of hydrogen-bond acceptors (Lipinski definition) is 4. The molecule has 0 fully saturated rings. The summed E-state index contributed by atoms with van der Waals surface area (Å²) >= 11 is 0. The lowest BCUT2D eigenvalue weighted by molar-refractivity contribution is -0.117. The highest BCUT2D eigenvalue weighted by molar-refractivity contribution is 6.02. The minimum absolute atomic E-state index is 0.225. The summed E-state index contributed by atoms with van der Waals surface area (Å²) in [4.78, 5) is 34.5. The fourth-order valence-corrected chi connectivity index (χ4v) is 2.64. The van der Waals surface area contributed by atoms with Crippen molar-refractivity contribution in [2.24, 2.45) is 5.73 Å². The van der Waals surface area contributed by atoms with Gasteiger partial charge in [0.2, 0.25) is 11.8 Å². The molecule has 0 bridgehead atoms. The summed E-state index contributed by atoms with van der Waals surface area (Å²) in [5.74, 6) is -0.406. The molecule has 1 aliphatic heterocycles. The Morgan fingerprint density at radius 3 is 2.63 bits per heavy atom. The van der Waals surface area contributed by atoms with E-state index >= 15 is 0 Å². The van der Waals surface area contributed by atoms with Crippen LogP contribution in [0.25, 0.3) is 6.08 Å². The fourth-order valence-electron chi connectivity index (χ4n) is 2.64. The maximum atomic E-state index is 12.1. The van der Waals surface area contributed by atoms with Crippen molar-refractivity contribution in [3.63, 3.8) is 0 Å². The molecule has 3 rings (SSSR count). The summed E-state index contributed by atoms with van der Waals surface area (Å²) in [5, 5.41) is 5.12. The van der Waals surface area contributed by atoms with E-state index in [0.717, 1.165) is 23.3 Å². The molecule has 0 saturated carbocycles. The van der Waals surface area contributed by atoms with Gasteiger partial charge in [-0.25, -0.2) is 0 Å². The van der Waals surface area contributed by atoms with Crippen LogP contribution >= 0.6 is 0 Å². The zero-order valence-corrected chi connectivity index (χ0v) is 14.5. The van der Waals surface area contributed by atoms with Gasteiger partial charge in [-0.15, -0.1) is 0 Å². The third kappa shape index (κ3) is 4.94. The van der Waals surface area contributed by atoms with Crippen LogP contribution in [0.2, 0.25) is 0 Å². The predicted octanol–water partition coefficient (Wildman–Crippen LogP) is 1.49. The topological polar surface area (TPSA) is 111 Å². The summed E-state index contributed by atoms with van der Waals surface area (Å²) in [6.45, 7) is 0.469. The summed E-state index contributed by atoms with van der Waals surface area (Å²) in [5.41, 5.74) is 7.97. The van der Waals surface area contributed by atoms with Gasteiger partial charge in [-0.3, -0.25) is 14.4 Å². The summed E-state index contributed by atoms with van der Waals surface area (Å²) in [6, 6.07) is 12.1. The van der Waals surface area contributed by atoms with E-state index in [-0.39, 0.29) is 12.5 Å². The number of carbonyl (C=O) groups excluding carboxylic acids is 3. The van der Waals surface area contributed by atoms with Crippen molar-refractivity contribution in [2.75, 3.05) is 18.5 Å². The van der Waals surface area contributed by atoms with Gasteiger partial charge >= 0.3 is 0 Å². The van der Waals surface area contributed by atoms with Crippen LogP contribution < -0.4 is 21.1 Å². The highest BCUT2D eigenvalue weighted by Crippen LogP contribution is 2.26. The Morgan fingerprint density at radius 2 is 1.89 bits per heavy atom. The third-order valence-corrected chi connectivity index (χ3v) is 3.98. The van der Waals surface area contributed by atoms with Crippen LogP contribution in [0.15, 0.2) is 48.5 Å². The number of carbonyl (C=O) groups is 3. The number of anilines is 1. The van der Waals surface area contributed by atoms with Crippen LogP contribution in [0.3, 0.4) is 0 Å². The minimum atomic E-state index is -0.616. The van der Waals surface area contributed by atoms with Crippen molar-refractivity contribution in [3.8, 4) is 5.75 Å². The number of nitrogens with one attached hydrogen (secondary N) is 2. The number of fused-ring (bicyclic) bond motifs is 1. The Balaban J connectivity index is 1.56. The molecule has 0 spiro atoms. The first-order valence-corrected chi connectivity index (χ1v) is 8.42. The van der Waals surface area contributed by atoms with Crippen LogP contribution in [0.5, 0.6) is 5.75 Å². The largest absolute Gasteiger partial charge is 0.493 e. The number of hydrogen-bond donors (Lipinski definition) is 3. The van der Waals surface area contributed by atoms with Gasteiger partial charge in [0.25, 0.3) is 5.91 Å². The quantitative estimate of drug-likeness (QED) is 0.674. The SMILES string of the molecule is NC(=O)CNC(=O)c1ccc(NC(=O)/C=C/c2ccc3c(c2)CCO3)cc1. The zero-order valence-electron chi connectivity index (χ0n) is 14.5. The number of primary amides is 1. The molecule has 138 valence electrons. The second-order valence-corrected chi connectivity index (χ2v) is 6.01. The maximum absolute atomic E-state index is 12.1. The molecular weight excluding hydrogens is 346 g/mol. The van der Waals surface area contributed by atoms with E-state index in [2.05, 4.69) is 10.6 Å². The van der Waals surface area contributed by atoms with Gasteiger partial charge in [0.05, 0.1) is 13.2 Å². The Kier molecular flexibility index (Phi) is 5.51. The van der Waals surface area contributed by atoms with Crippen LogP contribution in [0, 0.1) is 0 Å². The van der Waals surface area contributed by atoms with Crippen molar-refractivity contribution in [3.05, 3.63) is 65.2 Å². The lowest BCUT2D eigenvalue weighted by Gasteiger charge is -2.05. The van der Waals surface area contributed by atoms with Crippen molar-refractivity contribution in [2.45, 2.75) is 6.42 Å². The zero-order chi connectivity index (χ0) is 19.2. The molecule has 1 heterocycles. The standard InChI is InChI=1S/C20H19N3O4/c21-18(24)12-22-20(26)14-3-5-16(6-4-14)23-19(25)8-2-13-1-7-17-15(11-13)9-10-27-17/h1-8,11H,9-10,12H2,(H2,21,24)(H,22,26)(H,23,25)/b8-2+. The average Bonchev–Trinajstić information content (AvgIpc) is 3.13. The molecule has 0 saturated heterocycles. The lowest BCUT2D eigenvalue weighted by atomic mass is 10.1. The predicted molar refractivity (Wildman–Crippen MR) is 101 cm³/mol. The first-order valence-electron chi connectivity index (χ1n) is 8.42. The number of amides is 3. The van der Waals surface area contributed by atoms with Gasteiger partial charge in [0.15, 0.2) is 0 Å². The molecular formula is C20H19N3O4. The van der Waals surface area contributed by atoms with Gasteiger partial charge in [-0.1, -0.05) is 6.07 Å². The molecule has 7 heteroatoms. The van der Waals surface area contributed by atoms with E-state index in [9.17, 15) is 14.4 Å². The highest BCUT2D eigenvalue weighted by atomic mass is 16.5. The molecule has 2 aromatic carbocycles. The van der Waals surface area contributed by atoms with E-state index in [1.807, 2.05) is 18.2 Å². The molecule has 1 aliphatic rings. The van der Waals surface area contributed by atoms with E-state index in [1.54, 1.807) is 30.3 Å². The summed E-state index contributed by atoms with van der Waals surface area (Å²) in [7, 11) is 0. The molecule has 0 radical (unpaired) electrons. The van der Waals surface area contributed by atoms with Gasteiger partial charge < -0.3 is 21.1 Å². The van der Waals surface area contributed by atoms with Crippen LogP contribution in [0.1, 0.15) is 21.5 Å². The Bertz CT molecular complexity index is 904. The van der Waals surface area contributed by atoms with Crippen molar-refractivity contribution in [1.29, 1.82) is 0 Å². The number of nitrogens with two attached hydrogens (primary N) is 1. The van der Waals surface area contributed by atoms with Crippen molar-refractivity contribution >= 4 is 29.5 Å². The highest BCUT2D eigenvalue weighted by Gasteiger charge is 2.11. The Labute approximate surface area is 156 Å². The monoisotopic (exact) mass is 365 g/mol. The third-order valence-electron chi connectivity index (χ3n) is 3.98. The van der Waals surface area contributed by atoms with E-state index in [0.29, 0.717) is 17.9 Å². The second-order valence-electron chi connectivity index (χ2n) is 6.01. The summed E-state index contributed by atoms with van der Waals surface area (Å²) < 4.78 is 5.46. The van der Waals surface area contributed by atoms with Gasteiger partial charge in [-0.05, 0) is 53.6 Å². The molecule has 4 N–H and O–H groups in total. The first kappa shape index (κ1) is 18.2. The molecule has 0 unspecified atom stereocenters. The van der Waals surface area contributed by atoms with Crippen molar-refractivity contribution < 1.29 is 19.1 Å². The molecule has 0 atom stereocenters. The lowest BCUT2D eigenvalue weighted by Crippen LogP contribution is -2.33. The normalized spacial score (nSPS) is 12.3. The average molecular weight is 365 g/mol. The minimum Gasteiger partial charge on any atom is -0.493 e. The van der Waals surface area contributed by atoms with Crippen LogP contribution in [0.4, 0.5) is 5.69 Å². The smallest absolute Gasteiger partial charge is 0.251 e. The molecule has 0 aromatic heterocycles. The van der Waals surface area contributed by atoms with Crippen molar-refractivity contribution in [1.82, 2.24) is 5.32 Å². The molecule has 0 aliphatic carbocycles. The molecule has 7 nitrogen and oxygen atoms in total. The number of benzene rings is 2. The van der Waals surface area contributed by atoms with E-state index in [4.69, 9.17) is 10.5 Å². The van der Waals surface area contributed by atoms with E-state index < -0.39 is 11.8 Å². The molecule has 3 amide bonds. The number of rotatable bonds is 6. The first-order chi connectivity index (χ1) is 13.0. The van der Waals surface area contributed by atoms with Crippen LogP contribution in [-0.4, -0.2) is 30.9 Å². The maximum Gasteiger partial charge on any atom is 0.251 e. The fraction of sp³-hybridized carbons (Fsp3) is 0.150. The number of ether oxygens (including phenoxy) is 1. The summed E-state index contributed by atoms with van der Waals surface area (Å²) in [6.07, 6.45) is 4.06. The Morgan fingerprint density at radius 1 is 1.11 bits per heavy atom. The van der Waals surface area contributed by atoms with Gasteiger partial charge in [0, 0.05) is 23.7 Å². The van der Waals surface area contributed by atoms with Crippen LogP contribution in [-0.2, 0) is 16.0 Å². The van der Waals surface area contributed by atoms with Gasteiger partial charge in [0.1, 0.15) is 5.75 Å². The molecule has 2 aromatic rings.